The fourth-order valence-electron chi connectivity index (χ4n) is 3.66. The minimum Gasteiger partial charge on any atom is -0.351 e. The number of urea groups is 1. The SMILES string of the molecule is CC(C)[C@H](N[C@H](C)C(=O)NC(N)=O)c1ccc(C2CCCCC2)cc1. The van der Waals surface area contributed by atoms with Crippen LogP contribution in [0.15, 0.2) is 24.3 Å². The van der Waals surface area contributed by atoms with E-state index in [0.29, 0.717) is 11.8 Å². The molecule has 5 nitrogen and oxygen atoms in total. The van der Waals surface area contributed by atoms with Gasteiger partial charge in [0, 0.05) is 6.04 Å². The molecule has 138 valence electrons. The molecule has 2 atom stereocenters. The standard InChI is InChI=1S/C20H31N3O2/c1-13(2)18(22-14(3)19(24)23-20(21)25)17-11-9-16(10-12-17)15-7-5-4-6-8-15/h9-15,18,22H,4-8H2,1-3H3,(H3,21,23,24,25)/t14-,18+/m1/s1. The quantitative estimate of drug-likeness (QED) is 0.736. The number of carbonyl (C=O) groups excluding carboxylic acids is 2. The zero-order valence-corrected chi connectivity index (χ0v) is 15.5. The van der Waals surface area contributed by atoms with Gasteiger partial charge in [-0.2, -0.15) is 0 Å². The molecule has 0 spiro atoms. The van der Waals surface area contributed by atoms with E-state index in [1.165, 1.54) is 37.7 Å². The average Bonchev–Trinajstić information content (AvgIpc) is 2.59. The number of hydrogen-bond acceptors (Lipinski definition) is 3. The molecule has 1 aromatic carbocycles. The van der Waals surface area contributed by atoms with Crippen molar-refractivity contribution in [3.8, 4) is 0 Å². The molecule has 0 heterocycles. The Bertz CT molecular complexity index is 577. The first-order valence-corrected chi connectivity index (χ1v) is 9.34. The van der Waals surface area contributed by atoms with Crippen molar-refractivity contribution in [2.75, 3.05) is 0 Å². The molecule has 5 heteroatoms. The number of nitrogens with two attached hydrogens (primary N) is 1. The van der Waals surface area contributed by atoms with Gasteiger partial charge < -0.3 is 5.73 Å². The van der Waals surface area contributed by atoms with Gasteiger partial charge in [0.2, 0.25) is 5.91 Å². The molecule has 1 aliphatic rings. The summed E-state index contributed by atoms with van der Waals surface area (Å²) in [5.74, 6) is 0.592. The van der Waals surface area contributed by atoms with Gasteiger partial charge in [0.25, 0.3) is 0 Å². The second-order valence-corrected chi connectivity index (χ2v) is 7.47. The van der Waals surface area contributed by atoms with Crippen LogP contribution in [-0.4, -0.2) is 18.0 Å². The van der Waals surface area contributed by atoms with Gasteiger partial charge in [0.1, 0.15) is 0 Å². The van der Waals surface area contributed by atoms with Gasteiger partial charge in [-0.1, -0.05) is 57.4 Å². The fraction of sp³-hybridized carbons (Fsp3) is 0.600. The van der Waals surface area contributed by atoms with Crippen molar-refractivity contribution >= 4 is 11.9 Å². The number of benzene rings is 1. The molecule has 1 fully saturated rings. The molecular weight excluding hydrogens is 314 g/mol. The predicted octanol–water partition coefficient (Wildman–Crippen LogP) is 3.60. The van der Waals surface area contributed by atoms with E-state index in [0.717, 1.165) is 5.56 Å². The van der Waals surface area contributed by atoms with Crippen LogP contribution in [-0.2, 0) is 4.79 Å². The predicted molar refractivity (Wildman–Crippen MR) is 100 cm³/mol. The summed E-state index contributed by atoms with van der Waals surface area (Å²) in [6, 6.07) is 7.51. The molecule has 0 aromatic heterocycles. The number of imide groups is 1. The Kier molecular flexibility index (Phi) is 7.00. The lowest BCUT2D eigenvalue weighted by atomic mass is 9.83. The highest BCUT2D eigenvalue weighted by atomic mass is 16.2. The molecule has 25 heavy (non-hydrogen) atoms. The Morgan fingerprint density at radius 2 is 1.64 bits per heavy atom. The van der Waals surface area contributed by atoms with Crippen LogP contribution in [0.3, 0.4) is 0 Å². The summed E-state index contributed by atoms with van der Waals surface area (Å²) in [7, 11) is 0. The maximum Gasteiger partial charge on any atom is 0.318 e. The number of amides is 3. The number of carbonyl (C=O) groups is 2. The highest BCUT2D eigenvalue weighted by molar-refractivity contribution is 5.96. The van der Waals surface area contributed by atoms with Crippen LogP contribution in [0.4, 0.5) is 4.79 Å². The molecule has 1 aromatic rings. The first-order chi connectivity index (χ1) is 11.9. The van der Waals surface area contributed by atoms with Gasteiger partial charge in [-0.25, -0.2) is 4.79 Å². The molecule has 0 bridgehead atoms. The Morgan fingerprint density at radius 1 is 1.04 bits per heavy atom. The van der Waals surface area contributed by atoms with Crippen LogP contribution < -0.4 is 16.4 Å². The minimum atomic E-state index is -0.823. The normalized spacial score (nSPS) is 17.9. The van der Waals surface area contributed by atoms with Crippen LogP contribution in [0.2, 0.25) is 0 Å². The van der Waals surface area contributed by atoms with Crippen LogP contribution in [0.25, 0.3) is 0 Å². The fourth-order valence-corrected chi connectivity index (χ4v) is 3.66. The lowest BCUT2D eigenvalue weighted by Crippen LogP contribution is -2.48. The Hall–Kier alpha value is -1.88. The Balaban J connectivity index is 2.06. The summed E-state index contributed by atoms with van der Waals surface area (Å²) in [5.41, 5.74) is 7.60. The van der Waals surface area contributed by atoms with E-state index in [9.17, 15) is 9.59 Å². The summed E-state index contributed by atoms with van der Waals surface area (Å²) in [4.78, 5) is 22.8. The van der Waals surface area contributed by atoms with Crippen molar-refractivity contribution in [1.29, 1.82) is 0 Å². The lowest BCUT2D eigenvalue weighted by Gasteiger charge is -2.27. The molecule has 1 saturated carbocycles. The number of hydrogen-bond donors (Lipinski definition) is 3. The van der Waals surface area contributed by atoms with E-state index >= 15 is 0 Å². The summed E-state index contributed by atoms with van der Waals surface area (Å²) in [6.45, 7) is 5.97. The van der Waals surface area contributed by atoms with Gasteiger partial charge in [-0.05, 0) is 42.7 Å². The molecule has 0 radical (unpaired) electrons. The van der Waals surface area contributed by atoms with E-state index in [2.05, 4.69) is 48.7 Å². The lowest BCUT2D eigenvalue weighted by molar-refractivity contribution is -0.121. The Morgan fingerprint density at radius 3 is 2.16 bits per heavy atom. The zero-order chi connectivity index (χ0) is 18.4. The smallest absolute Gasteiger partial charge is 0.318 e. The van der Waals surface area contributed by atoms with Crippen LogP contribution in [0, 0.1) is 5.92 Å². The summed E-state index contributed by atoms with van der Waals surface area (Å²) in [6.07, 6.45) is 6.59. The largest absolute Gasteiger partial charge is 0.351 e. The maximum absolute atomic E-state index is 11.9. The van der Waals surface area contributed by atoms with Crippen LogP contribution in [0.1, 0.15) is 76.0 Å². The maximum atomic E-state index is 11.9. The van der Waals surface area contributed by atoms with Crippen molar-refractivity contribution in [1.82, 2.24) is 10.6 Å². The monoisotopic (exact) mass is 345 g/mol. The van der Waals surface area contributed by atoms with Gasteiger partial charge in [-0.15, -0.1) is 0 Å². The van der Waals surface area contributed by atoms with E-state index < -0.39 is 18.0 Å². The summed E-state index contributed by atoms with van der Waals surface area (Å²) < 4.78 is 0. The van der Waals surface area contributed by atoms with Crippen molar-refractivity contribution in [2.45, 2.75) is 70.9 Å². The van der Waals surface area contributed by atoms with Gasteiger partial charge in [0.15, 0.2) is 0 Å². The van der Waals surface area contributed by atoms with E-state index in [4.69, 9.17) is 5.73 Å². The van der Waals surface area contributed by atoms with Gasteiger partial charge >= 0.3 is 6.03 Å². The molecular formula is C20H31N3O2. The van der Waals surface area contributed by atoms with Crippen molar-refractivity contribution < 1.29 is 9.59 Å². The second kappa shape index (κ2) is 8.99. The van der Waals surface area contributed by atoms with Gasteiger partial charge in [0.05, 0.1) is 6.04 Å². The number of nitrogens with one attached hydrogen (secondary N) is 2. The van der Waals surface area contributed by atoms with Crippen molar-refractivity contribution in [2.24, 2.45) is 11.7 Å². The van der Waals surface area contributed by atoms with Crippen LogP contribution in [0.5, 0.6) is 0 Å². The number of rotatable bonds is 6. The first-order valence-electron chi connectivity index (χ1n) is 9.34. The average molecular weight is 345 g/mol. The molecule has 0 unspecified atom stereocenters. The molecule has 1 aliphatic carbocycles. The molecule has 2 rings (SSSR count). The highest BCUT2D eigenvalue weighted by Gasteiger charge is 2.23. The van der Waals surface area contributed by atoms with E-state index in [1.807, 2.05) is 0 Å². The first kappa shape index (κ1) is 19.4. The van der Waals surface area contributed by atoms with E-state index in [1.54, 1.807) is 6.92 Å². The van der Waals surface area contributed by atoms with Gasteiger partial charge in [-0.3, -0.25) is 15.4 Å². The minimum absolute atomic E-state index is 0.0361. The van der Waals surface area contributed by atoms with Crippen LogP contribution >= 0.6 is 0 Å². The molecule has 0 aliphatic heterocycles. The summed E-state index contributed by atoms with van der Waals surface area (Å²) >= 11 is 0. The van der Waals surface area contributed by atoms with E-state index in [-0.39, 0.29) is 6.04 Å². The third-order valence-electron chi connectivity index (χ3n) is 5.11. The third kappa shape index (κ3) is 5.56. The van der Waals surface area contributed by atoms with Crippen molar-refractivity contribution in [3.63, 3.8) is 0 Å². The highest BCUT2D eigenvalue weighted by Crippen LogP contribution is 2.33. The topological polar surface area (TPSA) is 84.2 Å². The zero-order valence-electron chi connectivity index (χ0n) is 15.5. The molecule has 0 saturated heterocycles. The second-order valence-electron chi connectivity index (χ2n) is 7.47. The number of primary amides is 1. The molecule has 4 N–H and O–H groups in total. The summed E-state index contributed by atoms with van der Waals surface area (Å²) in [5, 5.41) is 5.44. The van der Waals surface area contributed by atoms with Crippen molar-refractivity contribution in [3.05, 3.63) is 35.4 Å². The molecule has 3 amide bonds. The third-order valence-corrected chi connectivity index (χ3v) is 5.11. The Labute approximate surface area is 150 Å².